The van der Waals surface area contributed by atoms with E-state index in [0.717, 1.165) is 18.5 Å². The van der Waals surface area contributed by atoms with Gasteiger partial charge in [-0.05, 0) is 63.2 Å². The third kappa shape index (κ3) is 7.40. The average Bonchev–Trinajstić information content (AvgIpc) is 3.20. The van der Waals surface area contributed by atoms with Crippen LogP contribution in [0.5, 0.6) is 0 Å². The molecule has 3 rings (SSSR count). The third-order valence-corrected chi connectivity index (χ3v) is 6.51. The van der Waals surface area contributed by atoms with Crippen molar-refractivity contribution in [2.24, 2.45) is 11.8 Å². The number of hydrogen-bond acceptors (Lipinski definition) is 5. The molecule has 35 heavy (non-hydrogen) atoms. The van der Waals surface area contributed by atoms with E-state index in [9.17, 15) is 14.4 Å². The minimum Gasteiger partial charge on any atom is -0.444 e. The molecule has 1 saturated heterocycles. The first kappa shape index (κ1) is 26.9. The minimum atomic E-state index is -1.01. The van der Waals surface area contributed by atoms with Crippen LogP contribution in [0.15, 0.2) is 36.4 Å². The Balaban J connectivity index is 1.72. The predicted octanol–water partition coefficient (Wildman–Crippen LogP) is 4.83. The first-order valence-corrected chi connectivity index (χ1v) is 12.7. The molecular formula is C28H40N2O5. The van der Waals surface area contributed by atoms with Gasteiger partial charge >= 0.3 is 6.09 Å². The molecule has 7 heteroatoms. The smallest absolute Gasteiger partial charge is 0.408 e. The fraction of sp³-hybridized carbons (Fsp3) is 0.607. The van der Waals surface area contributed by atoms with Crippen LogP contribution in [0.2, 0.25) is 0 Å². The van der Waals surface area contributed by atoms with E-state index in [0.29, 0.717) is 38.5 Å². The summed E-state index contributed by atoms with van der Waals surface area (Å²) >= 11 is 0. The second-order valence-electron chi connectivity index (χ2n) is 11.1. The zero-order chi connectivity index (χ0) is 25.6. The summed E-state index contributed by atoms with van der Waals surface area (Å²) in [6, 6.07) is 7.96. The molecule has 192 valence electrons. The number of allylic oxidation sites excluding steroid dienone is 1. The number of rotatable bonds is 8. The summed E-state index contributed by atoms with van der Waals surface area (Å²) in [6.07, 6.45) is 5.58. The topological polar surface area (TPSA) is 84.9 Å². The Morgan fingerprint density at radius 2 is 1.86 bits per heavy atom. The van der Waals surface area contributed by atoms with Crippen LogP contribution in [0.4, 0.5) is 10.5 Å². The number of para-hydroxylation sites is 1. The van der Waals surface area contributed by atoms with Gasteiger partial charge in [0.2, 0.25) is 0 Å². The van der Waals surface area contributed by atoms with Gasteiger partial charge in [0.1, 0.15) is 11.1 Å². The second kappa shape index (κ2) is 11.4. The minimum absolute atomic E-state index is 0.0408. The molecule has 2 heterocycles. The molecule has 0 unspecified atom stereocenters. The number of benzene rings is 1. The zero-order valence-corrected chi connectivity index (χ0v) is 21.8. The summed E-state index contributed by atoms with van der Waals surface area (Å²) in [6.45, 7) is 11.1. The lowest BCUT2D eigenvalue weighted by atomic mass is 9.80. The van der Waals surface area contributed by atoms with Gasteiger partial charge in [-0.1, -0.05) is 38.1 Å². The van der Waals surface area contributed by atoms with E-state index in [4.69, 9.17) is 9.47 Å². The largest absolute Gasteiger partial charge is 0.444 e. The number of ketones is 1. The van der Waals surface area contributed by atoms with Crippen molar-refractivity contribution in [2.45, 2.75) is 77.9 Å². The van der Waals surface area contributed by atoms with E-state index < -0.39 is 17.2 Å². The zero-order valence-electron chi connectivity index (χ0n) is 21.8. The Hall–Kier alpha value is -2.67. The van der Waals surface area contributed by atoms with Crippen LogP contribution in [0.25, 0.3) is 0 Å². The molecule has 1 fully saturated rings. The lowest BCUT2D eigenvalue weighted by Gasteiger charge is -2.37. The molecule has 1 N–H and O–H groups in total. The predicted molar refractivity (Wildman–Crippen MR) is 136 cm³/mol. The summed E-state index contributed by atoms with van der Waals surface area (Å²) in [4.78, 5) is 41.0. The highest BCUT2D eigenvalue weighted by molar-refractivity contribution is 6.03. The van der Waals surface area contributed by atoms with E-state index in [1.165, 1.54) is 5.56 Å². The SMILES string of the molecule is CC(C)C[C@@H](/C=C/C(=O)N1CCc2ccccc21)CC(=O)C1(NC(=O)OC(C)(C)C)CCOCC1. The molecule has 1 aromatic carbocycles. The van der Waals surface area contributed by atoms with Crippen molar-refractivity contribution in [1.82, 2.24) is 5.32 Å². The van der Waals surface area contributed by atoms with E-state index in [1.807, 2.05) is 24.3 Å². The van der Waals surface area contributed by atoms with Crippen LogP contribution < -0.4 is 10.2 Å². The summed E-state index contributed by atoms with van der Waals surface area (Å²) in [7, 11) is 0. The maximum absolute atomic E-state index is 13.6. The van der Waals surface area contributed by atoms with Gasteiger partial charge in [0.15, 0.2) is 5.78 Å². The maximum Gasteiger partial charge on any atom is 0.408 e. The summed E-state index contributed by atoms with van der Waals surface area (Å²) < 4.78 is 10.9. The summed E-state index contributed by atoms with van der Waals surface area (Å²) in [5.74, 6) is 0.138. The van der Waals surface area contributed by atoms with Crippen molar-refractivity contribution < 1.29 is 23.9 Å². The maximum atomic E-state index is 13.6. The first-order chi connectivity index (χ1) is 16.5. The number of fused-ring (bicyclic) bond motifs is 1. The fourth-order valence-electron chi connectivity index (χ4n) is 4.84. The van der Waals surface area contributed by atoms with E-state index in [2.05, 4.69) is 25.2 Å². The van der Waals surface area contributed by atoms with Crippen molar-refractivity contribution in [2.75, 3.05) is 24.7 Å². The Morgan fingerprint density at radius 1 is 1.17 bits per heavy atom. The molecule has 2 aliphatic heterocycles. The molecule has 7 nitrogen and oxygen atoms in total. The molecule has 0 spiro atoms. The number of hydrogen-bond donors (Lipinski definition) is 1. The second-order valence-corrected chi connectivity index (χ2v) is 11.1. The molecule has 0 radical (unpaired) electrons. The standard InChI is InChI=1S/C28H40N2O5/c1-20(2)18-21(10-11-25(32)30-15-12-22-8-6-7-9-23(22)30)19-24(31)28(13-16-34-17-14-28)29-26(33)35-27(3,4)5/h6-11,20-21H,12-19H2,1-5H3,(H,29,33)/b11-10+/t21-/m1/s1. The quantitative estimate of drug-likeness (QED) is 0.535. The van der Waals surface area contributed by atoms with Crippen LogP contribution in [-0.2, 0) is 25.5 Å². The van der Waals surface area contributed by atoms with Crippen LogP contribution >= 0.6 is 0 Å². The van der Waals surface area contributed by atoms with Gasteiger partial charge in [0.25, 0.3) is 5.91 Å². The lowest BCUT2D eigenvalue weighted by Crippen LogP contribution is -2.58. The summed E-state index contributed by atoms with van der Waals surface area (Å²) in [5.41, 5.74) is 0.470. The highest BCUT2D eigenvalue weighted by Gasteiger charge is 2.42. The summed E-state index contributed by atoms with van der Waals surface area (Å²) in [5, 5.41) is 2.88. The Bertz CT molecular complexity index is 941. The molecule has 2 aliphatic rings. The number of carbonyl (C=O) groups excluding carboxylic acids is 3. The van der Waals surface area contributed by atoms with Gasteiger partial charge in [0.05, 0.1) is 0 Å². The number of carbonyl (C=O) groups is 3. The Morgan fingerprint density at radius 3 is 2.51 bits per heavy atom. The molecule has 1 atom stereocenters. The normalized spacial score (nSPS) is 18.4. The molecule has 0 saturated carbocycles. The molecule has 1 aromatic rings. The lowest BCUT2D eigenvalue weighted by molar-refractivity contribution is -0.130. The van der Waals surface area contributed by atoms with Crippen LogP contribution in [0.1, 0.15) is 65.9 Å². The van der Waals surface area contributed by atoms with Gasteiger partial charge in [-0.2, -0.15) is 0 Å². The molecular weight excluding hydrogens is 444 g/mol. The molecule has 0 aliphatic carbocycles. The number of ether oxygens (including phenoxy) is 2. The van der Waals surface area contributed by atoms with Crippen LogP contribution in [0.3, 0.4) is 0 Å². The highest BCUT2D eigenvalue weighted by atomic mass is 16.6. The van der Waals surface area contributed by atoms with Crippen molar-refractivity contribution in [3.8, 4) is 0 Å². The van der Waals surface area contributed by atoms with E-state index >= 15 is 0 Å². The number of amides is 2. The first-order valence-electron chi connectivity index (χ1n) is 12.7. The number of nitrogens with one attached hydrogen (secondary N) is 1. The molecule has 0 bridgehead atoms. The van der Waals surface area contributed by atoms with E-state index in [-0.39, 0.29) is 24.0 Å². The number of anilines is 1. The molecule has 0 aromatic heterocycles. The van der Waals surface area contributed by atoms with Gasteiger partial charge < -0.3 is 19.7 Å². The highest BCUT2D eigenvalue weighted by Crippen LogP contribution is 2.30. The van der Waals surface area contributed by atoms with Crippen molar-refractivity contribution in [1.29, 1.82) is 0 Å². The average molecular weight is 485 g/mol. The van der Waals surface area contributed by atoms with Crippen LogP contribution in [-0.4, -0.2) is 48.7 Å². The fourth-order valence-corrected chi connectivity index (χ4v) is 4.84. The number of Topliss-reactive ketones (excluding diaryl/α,β-unsaturated/α-hetero) is 1. The van der Waals surface area contributed by atoms with Gasteiger partial charge in [-0.25, -0.2) is 4.79 Å². The van der Waals surface area contributed by atoms with Gasteiger partial charge in [-0.3, -0.25) is 9.59 Å². The van der Waals surface area contributed by atoms with Gasteiger partial charge in [-0.15, -0.1) is 0 Å². The number of alkyl carbamates (subject to hydrolysis) is 1. The monoisotopic (exact) mass is 484 g/mol. The van der Waals surface area contributed by atoms with Crippen LogP contribution in [0, 0.1) is 11.8 Å². The van der Waals surface area contributed by atoms with E-state index in [1.54, 1.807) is 31.7 Å². The Labute approximate surface area is 209 Å². The van der Waals surface area contributed by atoms with Gasteiger partial charge in [0, 0.05) is 44.7 Å². The third-order valence-electron chi connectivity index (χ3n) is 6.51. The van der Waals surface area contributed by atoms with Crippen molar-refractivity contribution >= 4 is 23.5 Å². The van der Waals surface area contributed by atoms with Crippen molar-refractivity contribution in [3.63, 3.8) is 0 Å². The van der Waals surface area contributed by atoms with Crippen molar-refractivity contribution in [3.05, 3.63) is 42.0 Å². The number of nitrogens with zero attached hydrogens (tertiary/aromatic N) is 1. The Kier molecular flexibility index (Phi) is 8.75. The molecule has 2 amide bonds.